The Labute approximate surface area is 208 Å². The van der Waals surface area contributed by atoms with Crippen molar-refractivity contribution >= 4 is 21.6 Å². The zero-order valence-electron chi connectivity index (χ0n) is 19.4. The van der Waals surface area contributed by atoms with E-state index in [2.05, 4.69) is 5.32 Å². The number of nitrogens with one attached hydrogen (secondary N) is 1. The molecule has 1 heterocycles. The lowest BCUT2D eigenvalue weighted by Gasteiger charge is -2.39. The van der Waals surface area contributed by atoms with Gasteiger partial charge in [0.2, 0.25) is 5.91 Å². The normalized spacial score (nSPS) is 16.9. The maximum absolute atomic E-state index is 13.6. The third kappa shape index (κ3) is 5.41. The molecule has 0 saturated heterocycles. The highest BCUT2D eigenvalue weighted by atomic mass is 32.2. The number of carbonyl (C=O) groups is 1. The van der Waals surface area contributed by atoms with Crippen molar-refractivity contribution in [2.45, 2.75) is 55.1 Å². The minimum absolute atomic E-state index is 0.0581. The van der Waals surface area contributed by atoms with Gasteiger partial charge >= 0.3 is 12.4 Å². The van der Waals surface area contributed by atoms with Crippen molar-refractivity contribution in [1.29, 1.82) is 0 Å². The van der Waals surface area contributed by atoms with Gasteiger partial charge < -0.3 is 15.5 Å². The van der Waals surface area contributed by atoms with Crippen molar-refractivity contribution in [3.05, 3.63) is 59.2 Å². The number of fused-ring (bicyclic) bond motifs is 1. The highest BCUT2D eigenvalue weighted by Crippen LogP contribution is 2.51. The van der Waals surface area contributed by atoms with Crippen molar-refractivity contribution in [3.8, 4) is 0 Å². The van der Waals surface area contributed by atoms with E-state index in [4.69, 9.17) is 5.11 Å². The fourth-order valence-electron chi connectivity index (χ4n) is 4.11. The molecule has 2 aromatic rings. The van der Waals surface area contributed by atoms with Gasteiger partial charge in [-0.3, -0.25) is 9.10 Å². The number of aryl methyl sites for hydroxylation is 2. The van der Waals surface area contributed by atoms with Gasteiger partial charge in [0, 0.05) is 18.5 Å². The van der Waals surface area contributed by atoms with Gasteiger partial charge in [-0.05, 0) is 43.5 Å². The van der Waals surface area contributed by atoms with Gasteiger partial charge in [0.15, 0.2) is 0 Å². The Kier molecular flexibility index (Phi) is 7.87. The van der Waals surface area contributed by atoms with Crippen molar-refractivity contribution in [2.24, 2.45) is 0 Å². The lowest BCUT2D eigenvalue weighted by Crippen LogP contribution is -2.54. The fraction of sp³-hybridized carbons (Fsp3) is 0.435. The van der Waals surface area contributed by atoms with E-state index in [1.807, 2.05) is 0 Å². The summed E-state index contributed by atoms with van der Waals surface area (Å²) in [7, 11) is -4.38. The maximum Gasteiger partial charge on any atom is 0.430 e. The van der Waals surface area contributed by atoms with E-state index in [1.165, 1.54) is 24.3 Å². The summed E-state index contributed by atoms with van der Waals surface area (Å²) in [4.78, 5) is 11.7. The first kappa shape index (κ1) is 28.7. The Morgan fingerprint density at radius 1 is 1.05 bits per heavy atom. The van der Waals surface area contributed by atoms with E-state index < -0.39 is 52.1 Å². The van der Waals surface area contributed by atoms with Crippen LogP contribution in [0.5, 0.6) is 0 Å². The number of amides is 1. The molecule has 0 aromatic heterocycles. The summed E-state index contributed by atoms with van der Waals surface area (Å²) in [5.41, 5.74) is -6.24. The summed E-state index contributed by atoms with van der Waals surface area (Å²) in [5.74, 6) is -0.572. The van der Waals surface area contributed by atoms with E-state index in [0.29, 0.717) is 12.1 Å². The zero-order chi connectivity index (χ0) is 27.8. The number of hydrogen-bond acceptors (Lipinski definition) is 5. The molecule has 1 atom stereocenters. The largest absolute Gasteiger partial charge is 0.430 e. The van der Waals surface area contributed by atoms with Gasteiger partial charge in [0.05, 0.1) is 23.2 Å². The Bertz CT molecular complexity index is 1230. The molecule has 7 nitrogen and oxygen atoms in total. The first-order chi connectivity index (χ1) is 17.0. The third-order valence-electron chi connectivity index (χ3n) is 6.09. The number of nitrogens with zero attached hydrogens (tertiary/aromatic N) is 1. The molecule has 14 heteroatoms. The van der Waals surface area contributed by atoms with Gasteiger partial charge in [0.1, 0.15) is 0 Å². The predicted molar refractivity (Wildman–Crippen MR) is 120 cm³/mol. The lowest BCUT2D eigenvalue weighted by molar-refractivity contribution is -0.376. The number of alkyl halides is 6. The summed E-state index contributed by atoms with van der Waals surface area (Å²) in [5, 5.41) is 21.2. The number of anilines is 1. The molecule has 0 fully saturated rings. The minimum Gasteiger partial charge on any atom is -0.396 e. The van der Waals surface area contributed by atoms with Crippen LogP contribution in [0.2, 0.25) is 0 Å². The average molecular weight is 555 g/mol. The van der Waals surface area contributed by atoms with Gasteiger partial charge in [-0.1, -0.05) is 29.8 Å². The van der Waals surface area contributed by atoms with Gasteiger partial charge in [0.25, 0.3) is 15.6 Å². The van der Waals surface area contributed by atoms with Crippen LogP contribution in [0.15, 0.2) is 47.4 Å². The van der Waals surface area contributed by atoms with Crippen LogP contribution in [0.25, 0.3) is 0 Å². The second-order valence-corrected chi connectivity index (χ2v) is 10.4. The van der Waals surface area contributed by atoms with Crippen LogP contribution in [-0.2, 0) is 26.8 Å². The van der Waals surface area contributed by atoms with E-state index in [0.717, 1.165) is 15.9 Å². The Balaban J connectivity index is 2.13. The summed E-state index contributed by atoms with van der Waals surface area (Å²) >= 11 is 0. The van der Waals surface area contributed by atoms with Crippen molar-refractivity contribution in [3.63, 3.8) is 0 Å². The number of rotatable bonds is 7. The molecule has 2 aromatic carbocycles. The summed E-state index contributed by atoms with van der Waals surface area (Å²) < 4.78 is 109. The van der Waals surface area contributed by atoms with Gasteiger partial charge in [-0.25, -0.2) is 8.42 Å². The SMILES string of the molecule is Cc1ccc(S(=O)(=O)N2c3ccc(C(O)(C(F)(F)F)C(F)(F)F)cc3CC[C@H]2CNC(=O)CCO)cc1. The Hall–Kier alpha value is -2.84. The summed E-state index contributed by atoms with van der Waals surface area (Å²) in [6.07, 6.45) is -12.6. The molecule has 3 N–H and O–H groups in total. The maximum atomic E-state index is 13.6. The molecule has 0 spiro atoms. The van der Waals surface area contributed by atoms with Crippen LogP contribution in [0.4, 0.5) is 32.0 Å². The lowest BCUT2D eigenvalue weighted by atomic mass is 9.88. The first-order valence-electron chi connectivity index (χ1n) is 11.0. The van der Waals surface area contributed by atoms with Crippen LogP contribution in [-0.4, -0.2) is 56.1 Å². The second-order valence-electron chi connectivity index (χ2n) is 8.63. The minimum atomic E-state index is -6.10. The number of benzene rings is 2. The predicted octanol–water partition coefficient (Wildman–Crippen LogP) is 3.32. The number of halogens is 6. The molecular formula is C23H24F6N2O5S. The third-order valence-corrected chi connectivity index (χ3v) is 7.97. The van der Waals surface area contributed by atoms with Crippen LogP contribution in [0.1, 0.15) is 29.5 Å². The van der Waals surface area contributed by atoms with Crippen LogP contribution < -0.4 is 9.62 Å². The summed E-state index contributed by atoms with van der Waals surface area (Å²) in [6.45, 7) is 1.05. The van der Waals surface area contributed by atoms with Crippen molar-refractivity contribution in [2.75, 3.05) is 17.5 Å². The number of aliphatic hydroxyl groups is 2. The molecule has 37 heavy (non-hydrogen) atoms. The Morgan fingerprint density at radius 2 is 1.65 bits per heavy atom. The second kappa shape index (κ2) is 10.1. The molecule has 0 saturated carbocycles. The molecule has 1 amide bonds. The highest BCUT2D eigenvalue weighted by Gasteiger charge is 2.71. The van der Waals surface area contributed by atoms with E-state index >= 15 is 0 Å². The fourth-order valence-corrected chi connectivity index (χ4v) is 5.82. The zero-order valence-corrected chi connectivity index (χ0v) is 20.2. The van der Waals surface area contributed by atoms with Crippen LogP contribution in [0.3, 0.4) is 0 Å². The number of carbonyl (C=O) groups excluding carboxylic acids is 1. The number of sulfonamides is 1. The first-order valence-corrected chi connectivity index (χ1v) is 12.5. The van der Waals surface area contributed by atoms with Gasteiger partial charge in [-0.2, -0.15) is 26.3 Å². The molecular weight excluding hydrogens is 530 g/mol. The Morgan fingerprint density at radius 3 is 2.19 bits per heavy atom. The van der Waals surface area contributed by atoms with Crippen molar-refractivity contribution < 1.29 is 49.8 Å². The molecule has 3 rings (SSSR count). The van der Waals surface area contributed by atoms with Crippen LogP contribution >= 0.6 is 0 Å². The molecule has 0 radical (unpaired) electrons. The smallest absolute Gasteiger partial charge is 0.396 e. The van der Waals surface area contributed by atoms with E-state index in [-0.39, 0.29) is 42.0 Å². The highest BCUT2D eigenvalue weighted by molar-refractivity contribution is 7.92. The molecule has 1 aliphatic rings. The van der Waals surface area contributed by atoms with E-state index in [1.54, 1.807) is 6.92 Å². The molecule has 0 aliphatic carbocycles. The van der Waals surface area contributed by atoms with E-state index in [9.17, 15) is 44.7 Å². The number of aliphatic hydroxyl groups excluding tert-OH is 1. The standard InChI is InChI=1S/C23H24F6N2O5S/c1-14-2-7-18(8-3-14)37(35,36)31-17(13-30-20(33)10-11-32)6-4-15-12-16(5-9-19(15)31)21(34,22(24,25)26)23(27,28)29/h2-3,5,7-9,12,17,32,34H,4,6,10-11,13H2,1H3,(H,30,33)/t17-/m0/s1. The topological polar surface area (TPSA) is 107 Å². The molecule has 0 bridgehead atoms. The molecule has 0 unspecified atom stereocenters. The average Bonchev–Trinajstić information content (AvgIpc) is 2.80. The molecule has 1 aliphatic heterocycles. The van der Waals surface area contributed by atoms with Gasteiger partial charge in [-0.15, -0.1) is 0 Å². The summed E-state index contributed by atoms with van der Waals surface area (Å²) in [6, 6.07) is 6.41. The molecule has 204 valence electrons. The monoisotopic (exact) mass is 554 g/mol. The van der Waals surface area contributed by atoms with Crippen LogP contribution in [0, 0.1) is 6.92 Å². The van der Waals surface area contributed by atoms with Crippen molar-refractivity contribution in [1.82, 2.24) is 5.32 Å². The number of hydrogen-bond donors (Lipinski definition) is 3. The quantitative estimate of drug-likeness (QED) is 0.456.